The standard InChI is InChI=1S/C19H20N2O5S/c1-9-11(3)27-18-15(9)17(22)20-16(21-18)10(2)26-19(23)12-6-7-13(24-4)14(8-12)25-5/h6-8,10H,1-5H3,(H,20,21,22)/t10-/m1/s1. The lowest BCUT2D eigenvalue weighted by Crippen LogP contribution is -2.17. The molecule has 27 heavy (non-hydrogen) atoms. The molecule has 0 unspecified atom stereocenters. The number of H-pyrrole nitrogens is 1. The fourth-order valence-corrected chi connectivity index (χ4v) is 3.75. The summed E-state index contributed by atoms with van der Waals surface area (Å²) in [4.78, 5) is 33.7. The van der Waals surface area contributed by atoms with Gasteiger partial charge in [0.25, 0.3) is 5.56 Å². The summed E-state index contributed by atoms with van der Waals surface area (Å²) >= 11 is 1.45. The second kappa shape index (κ2) is 7.40. The molecule has 7 nitrogen and oxygen atoms in total. The van der Waals surface area contributed by atoms with E-state index in [0.29, 0.717) is 33.1 Å². The molecule has 2 aromatic heterocycles. The number of hydrogen-bond donors (Lipinski definition) is 1. The van der Waals surface area contributed by atoms with Crippen LogP contribution in [0.5, 0.6) is 11.5 Å². The highest BCUT2D eigenvalue weighted by atomic mass is 32.1. The average molecular weight is 388 g/mol. The van der Waals surface area contributed by atoms with Gasteiger partial charge in [0.1, 0.15) is 4.83 Å². The van der Waals surface area contributed by atoms with Crippen LogP contribution in [0.15, 0.2) is 23.0 Å². The quantitative estimate of drug-likeness (QED) is 0.673. The fraction of sp³-hybridized carbons (Fsp3) is 0.316. The summed E-state index contributed by atoms with van der Waals surface area (Å²) in [6.07, 6.45) is -0.717. The zero-order chi connectivity index (χ0) is 19.7. The number of benzene rings is 1. The van der Waals surface area contributed by atoms with Gasteiger partial charge in [0, 0.05) is 4.88 Å². The number of nitrogens with one attached hydrogen (secondary N) is 1. The van der Waals surface area contributed by atoms with Gasteiger partial charge >= 0.3 is 5.97 Å². The van der Waals surface area contributed by atoms with Crippen LogP contribution < -0.4 is 15.0 Å². The summed E-state index contributed by atoms with van der Waals surface area (Å²) in [5.74, 6) is 0.700. The second-order valence-corrected chi connectivity index (χ2v) is 7.24. The monoisotopic (exact) mass is 388 g/mol. The van der Waals surface area contributed by atoms with Gasteiger partial charge in [-0.25, -0.2) is 9.78 Å². The van der Waals surface area contributed by atoms with Crippen LogP contribution in [-0.4, -0.2) is 30.2 Å². The Balaban J connectivity index is 1.87. The van der Waals surface area contributed by atoms with Gasteiger partial charge in [0.15, 0.2) is 23.4 Å². The summed E-state index contributed by atoms with van der Waals surface area (Å²) in [6, 6.07) is 4.75. The highest BCUT2D eigenvalue weighted by molar-refractivity contribution is 7.18. The van der Waals surface area contributed by atoms with Gasteiger partial charge < -0.3 is 19.2 Å². The number of thiophene rings is 1. The van der Waals surface area contributed by atoms with Crippen LogP contribution in [0.3, 0.4) is 0 Å². The maximum Gasteiger partial charge on any atom is 0.338 e. The SMILES string of the molecule is COc1ccc(C(=O)O[C@H](C)c2nc3sc(C)c(C)c3c(=O)[nH]2)cc1OC. The van der Waals surface area contributed by atoms with E-state index >= 15 is 0 Å². The molecule has 8 heteroatoms. The van der Waals surface area contributed by atoms with Crippen LogP contribution in [0, 0.1) is 13.8 Å². The molecule has 3 rings (SSSR count). The number of aryl methyl sites for hydroxylation is 2. The number of carbonyl (C=O) groups excluding carboxylic acids is 1. The molecule has 0 fully saturated rings. The predicted octanol–water partition coefficient (Wildman–Crippen LogP) is 3.54. The van der Waals surface area contributed by atoms with E-state index in [1.807, 2.05) is 13.8 Å². The summed E-state index contributed by atoms with van der Waals surface area (Å²) in [5, 5.41) is 0.583. The lowest BCUT2D eigenvalue weighted by Gasteiger charge is -2.14. The Morgan fingerprint density at radius 3 is 2.56 bits per heavy atom. The number of aromatic amines is 1. The van der Waals surface area contributed by atoms with Crippen molar-refractivity contribution < 1.29 is 19.0 Å². The maximum absolute atomic E-state index is 12.5. The van der Waals surface area contributed by atoms with Crippen LogP contribution in [0.25, 0.3) is 10.2 Å². The van der Waals surface area contributed by atoms with Gasteiger partial charge in [-0.3, -0.25) is 4.79 Å². The maximum atomic E-state index is 12.5. The highest BCUT2D eigenvalue weighted by Gasteiger charge is 2.20. The number of carbonyl (C=O) groups is 1. The third-order valence-electron chi connectivity index (χ3n) is 4.35. The Morgan fingerprint density at radius 2 is 1.89 bits per heavy atom. The van der Waals surface area contributed by atoms with Crippen molar-refractivity contribution in [2.45, 2.75) is 26.9 Å². The first-order chi connectivity index (χ1) is 12.8. The predicted molar refractivity (Wildman–Crippen MR) is 103 cm³/mol. The molecule has 0 bridgehead atoms. The molecule has 0 aliphatic heterocycles. The molecule has 1 atom stereocenters. The number of hydrogen-bond acceptors (Lipinski definition) is 7. The first-order valence-electron chi connectivity index (χ1n) is 8.28. The van der Waals surface area contributed by atoms with Crippen molar-refractivity contribution in [1.29, 1.82) is 0 Å². The van der Waals surface area contributed by atoms with Crippen LogP contribution >= 0.6 is 11.3 Å². The van der Waals surface area contributed by atoms with Gasteiger partial charge in [-0.1, -0.05) is 0 Å². The number of esters is 1. The zero-order valence-corrected chi connectivity index (χ0v) is 16.5. The van der Waals surface area contributed by atoms with Crippen LogP contribution in [0.4, 0.5) is 0 Å². The average Bonchev–Trinajstić information content (AvgIpc) is 2.95. The smallest absolute Gasteiger partial charge is 0.338 e. The Hall–Kier alpha value is -2.87. The minimum absolute atomic E-state index is 0.231. The molecule has 0 aliphatic rings. The van der Waals surface area contributed by atoms with E-state index in [4.69, 9.17) is 14.2 Å². The molecule has 2 heterocycles. The Bertz CT molecular complexity index is 1070. The van der Waals surface area contributed by atoms with E-state index in [2.05, 4.69) is 9.97 Å². The van der Waals surface area contributed by atoms with Crippen LogP contribution in [-0.2, 0) is 4.74 Å². The first kappa shape index (κ1) is 18.9. The topological polar surface area (TPSA) is 90.5 Å². The normalized spacial score (nSPS) is 12.0. The number of aromatic nitrogens is 2. The third kappa shape index (κ3) is 3.52. The summed E-state index contributed by atoms with van der Waals surface area (Å²) < 4.78 is 15.8. The van der Waals surface area contributed by atoms with Crippen molar-refractivity contribution in [1.82, 2.24) is 9.97 Å². The Morgan fingerprint density at radius 1 is 1.19 bits per heavy atom. The molecular weight excluding hydrogens is 368 g/mol. The van der Waals surface area contributed by atoms with Gasteiger partial charge in [0.2, 0.25) is 0 Å². The molecule has 3 aromatic rings. The molecular formula is C19H20N2O5S. The first-order valence-corrected chi connectivity index (χ1v) is 9.10. The third-order valence-corrected chi connectivity index (χ3v) is 5.45. The van der Waals surface area contributed by atoms with Gasteiger partial charge in [0.05, 0.1) is 25.2 Å². The van der Waals surface area contributed by atoms with E-state index in [9.17, 15) is 9.59 Å². The van der Waals surface area contributed by atoms with E-state index < -0.39 is 12.1 Å². The molecule has 0 saturated heterocycles. The van der Waals surface area contributed by atoms with Crippen molar-refractivity contribution in [2.75, 3.05) is 14.2 Å². The van der Waals surface area contributed by atoms with Crippen molar-refractivity contribution in [3.63, 3.8) is 0 Å². The fourth-order valence-electron chi connectivity index (χ4n) is 2.71. The molecule has 0 aliphatic carbocycles. The number of nitrogens with zero attached hydrogens (tertiary/aromatic N) is 1. The highest BCUT2D eigenvalue weighted by Crippen LogP contribution is 2.29. The molecule has 0 amide bonds. The summed E-state index contributed by atoms with van der Waals surface area (Å²) in [7, 11) is 3.01. The van der Waals surface area contributed by atoms with Crippen LogP contribution in [0.2, 0.25) is 0 Å². The molecule has 0 radical (unpaired) electrons. The number of fused-ring (bicyclic) bond motifs is 1. The van der Waals surface area contributed by atoms with Gasteiger partial charge in [-0.05, 0) is 44.5 Å². The minimum atomic E-state index is -0.717. The summed E-state index contributed by atoms with van der Waals surface area (Å²) in [5.41, 5.74) is 1.00. The minimum Gasteiger partial charge on any atom is -0.493 e. The van der Waals surface area contributed by atoms with E-state index in [1.165, 1.54) is 25.6 Å². The van der Waals surface area contributed by atoms with Crippen LogP contribution in [0.1, 0.15) is 39.7 Å². The van der Waals surface area contributed by atoms with Crippen molar-refractivity contribution >= 4 is 27.5 Å². The van der Waals surface area contributed by atoms with Crippen molar-refractivity contribution in [2.24, 2.45) is 0 Å². The number of rotatable bonds is 5. The lowest BCUT2D eigenvalue weighted by molar-refractivity contribution is 0.0319. The van der Waals surface area contributed by atoms with Crippen molar-refractivity contribution in [3.05, 3.63) is 50.4 Å². The summed E-state index contributed by atoms with van der Waals surface area (Å²) in [6.45, 7) is 5.50. The zero-order valence-electron chi connectivity index (χ0n) is 15.7. The van der Waals surface area contributed by atoms with E-state index in [-0.39, 0.29) is 5.56 Å². The Labute approximate surface area is 159 Å². The number of ether oxygens (including phenoxy) is 3. The van der Waals surface area contributed by atoms with E-state index in [1.54, 1.807) is 25.1 Å². The van der Waals surface area contributed by atoms with Gasteiger partial charge in [-0.2, -0.15) is 0 Å². The lowest BCUT2D eigenvalue weighted by atomic mass is 10.2. The Kier molecular flexibility index (Phi) is 5.18. The molecule has 1 N–H and O–H groups in total. The molecule has 0 saturated carbocycles. The van der Waals surface area contributed by atoms with E-state index in [0.717, 1.165) is 10.4 Å². The van der Waals surface area contributed by atoms with Crippen molar-refractivity contribution in [3.8, 4) is 11.5 Å². The number of methoxy groups -OCH3 is 2. The second-order valence-electron chi connectivity index (χ2n) is 6.03. The van der Waals surface area contributed by atoms with Gasteiger partial charge in [-0.15, -0.1) is 11.3 Å². The molecule has 0 spiro atoms. The largest absolute Gasteiger partial charge is 0.493 e. The molecule has 142 valence electrons. The molecule has 1 aromatic carbocycles.